The number of rotatable bonds is 1. The molecule has 1 aliphatic carbocycles. The lowest BCUT2D eigenvalue weighted by Crippen LogP contribution is -2.01. The van der Waals surface area contributed by atoms with Crippen LogP contribution in [0.15, 0.2) is 23.8 Å². The number of aryl methyl sites for hydroxylation is 1. The Morgan fingerprint density at radius 3 is 2.81 bits per heavy atom. The summed E-state index contributed by atoms with van der Waals surface area (Å²) in [4.78, 5) is 10.8. The molecule has 0 spiro atoms. The van der Waals surface area contributed by atoms with E-state index in [1.165, 1.54) is 18.2 Å². The molecule has 0 amide bonds. The lowest BCUT2D eigenvalue weighted by Gasteiger charge is -2.01. The second-order valence-electron chi connectivity index (χ2n) is 3.57. The topological polar surface area (TPSA) is 61.1 Å². The predicted octanol–water partition coefficient (Wildman–Crippen LogP) is 2.13. The fourth-order valence-electron chi connectivity index (χ4n) is 1.96. The van der Waals surface area contributed by atoms with Crippen molar-refractivity contribution in [3.63, 3.8) is 0 Å². The normalized spacial score (nSPS) is 16.5. The monoisotopic (exact) mass is 217 g/mol. The number of hydrogen-bond acceptors (Lipinski definition) is 2. The first kappa shape index (κ1) is 10.4. The van der Waals surface area contributed by atoms with Gasteiger partial charge in [-0.15, -0.1) is 0 Å². The first-order chi connectivity index (χ1) is 7.63. The van der Waals surface area contributed by atoms with Gasteiger partial charge in [-0.25, -0.2) is 9.18 Å². The SMILES string of the molecule is N#C/C(C(=O)O)=C1\CCc2cc(F)ccc21. The molecule has 2 rings (SSSR count). The fraction of sp³-hybridized carbons (Fsp3) is 0.167. The Kier molecular flexibility index (Phi) is 2.45. The first-order valence-electron chi connectivity index (χ1n) is 4.79. The van der Waals surface area contributed by atoms with Crippen LogP contribution in [0.1, 0.15) is 17.5 Å². The quantitative estimate of drug-likeness (QED) is 0.579. The van der Waals surface area contributed by atoms with Crippen molar-refractivity contribution in [2.45, 2.75) is 12.8 Å². The number of hydrogen-bond donors (Lipinski definition) is 1. The standard InChI is InChI=1S/C12H8FNO2/c13-8-2-4-9-7(5-8)1-3-10(9)11(6-14)12(15)16/h2,4-5H,1,3H2,(H,15,16)/b11-10-. The van der Waals surface area contributed by atoms with Crippen molar-refractivity contribution in [1.82, 2.24) is 0 Å². The summed E-state index contributed by atoms with van der Waals surface area (Å²) in [6.45, 7) is 0. The number of aliphatic carboxylic acids is 1. The molecule has 0 fully saturated rings. The lowest BCUT2D eigenvalue weighted by molar-refractivity contribution is -0.132. The highest BCUT2D eigenvalue weighted by Crippen LogP contribution is 2.34. The molecule has 0 heterocycles. The molecule has 0 bridgehead atoms. The Labute approximate surface area is 91.4 Å². The number of nitrogens with zero attached hydrogens (tertiary/aromatic N) is 1. The minimum atomic E-state index is -1.23. The van der Waals surface area contributed by atoms with E-state index in [1.807, 2.05) is 0 Å². The van der Waals surface area contributed by atoms with E-state index in [4.69, 9.17) is 10.4 Å². The van der Waals surface area contributed by atoms with Gasteiger partial charge < -0.3 is 5.11 Å². The molecule has 0 saturated heterocycles. The van der Waals surface area contributed by atoms with Crippen LogP contribution in [0, 0.1) is 17.1 Å². The summed E-state index contributed by atoms with van der Waals surface area (Å²) in [5.74, 6) is -1.57. The van der Waals surface area contributed by atoms with Crippen LogP contribution >= 0.6 is 0 Å². The van der Waals surface area contributed by atoms with Crippen molar-refractivity contribution in [3.05, 3.63) is 40.7 Å². The highest BCUT2D eigenvalue weighted by Gasteiger charge is 2.23. The zero-order chi connectivity index (χ0) is 11.7. The van der Waals surface area contributed by atoms with Crippen molar-refractivity contribution in [3.8, 4) is 6.07 Å². The summed E-state index contributed by atoms with van der Waals surface area (Å²) in [5.41, 5.74) is 1.71. The highest BCUT2D eigenvalue weighted by molar-refractivity contribution is 6.01. The third-order valence-corrected chi connectivity index (χ3v) is 2.66. The molecular formula is C12H8FNO2. The number of carboxylic acid groups (broad SMARTS) is 1. The van der Waals surface area contributed by atoms with Crippen molar-refractivity contribution in [1.29, 1.82) is 5.26 Å². The van der Waals surface area contributed by atoms with Crippen LogP contribution in [-0.2, 0) is 11.2 Å². The van der Waals surface area contributed by atoms with E-state index in [1.54, 1.807) is 6.07 Å². The molecule has 4 heteroatoms. The molecule has 0 atom stereocenters. The average molecular weight is 217 g/mol. The average Bonchev–Trinajstić information content (AvgIpc) is 2.62. The smallest absolute Gasteiger partial charge is 0.346 e. The molecule has 1 N–H and O–H groups in total. The van der Waals surface area contributed by atoms with Crippen LogP contribution in [0.3, 0.4) is 0 Å². The largest absolute Gasteiger partial charge is 0.477 e. The van der Waals surface area contributed by atoms with Crippen molar-refractivity contribution in [2.24, 2.45) is 0 Å². The number of allylic oxidation sites excluding steroid dienone is 1. The van der Waals surface area contributed by atoms with Gasteiger partial charge in [0.15, 0.2) is 0 Å². The fourth-order valence-corrected chi connectivity index (χ4v) is 1.96. The molecule has 80 valence electrons. The van der Waals surface area contributed by atoms with E-state index in [0.29, 0.717) is 24.0 Å². The summed E-state index contributed by atoms with van der Waals surface area (Å²) in [5, 5.41) is 17.6. The van der Waals surface area contributed by atoms with E-state index < -0.39 is 5.97 Å². The van der Waals surface area contributed by atoms with E-state index in [2.05, 4.69) is 0 Å². The van der Waals surface area contributed by atoms with Crippen molar-refractivity contribution < 1.29 is 14.3 Å². The van der Waals surface area contributed by atoms with E-state index in [0.717, 1.165) is 5.56 Å². The molecule has 0 radical (unpaired) electrons. The van der Waals surface area contributed by atoms with Crippen LogP contribution in [0.4, 0.5) is 4.39 Å². The number of benzene rings is 1. The molecule has 1 aliphatic rings. The zero-order valence-electron chi connectivity index (χ0n) is 8.33. The minimum Gasteiger partial charge on any atom is -0.477 e. The Hall–Kier alpha value is -2.15. The van der Waals surface area contributed by atoms with Crippen LogP contribution < -0.4 is 0 Å². The lowest BCUT2D eigenvalue weighted by atomic mass is 10.0. The van der Waals surface area contributed by atoms with Gasteiger partial charge >= 0.3 is 5.97 Å². The first-order valence-corrected chi connectivity index (χ1v) is 4.79. The van der Waals surface area contributed by atoms with Gasteiger partial charge in [-0.05, 0) is 41.7 Å². The molecule has 1 aromatic carbocycles. The van der Waals surface area contributed by atoms with Gasteiger partial charge in [0.1, 0.15) is 17.5 Å². The number of carboxylic acids is 1. The number of fused-ring (bicyclic) bond motifs is 1. The van der Waals surface area contributed by atoms with Gasteiger partial charge in [0, 0.05) is 0 Å². The summed E-state index contributed by atoms with van der Waals surface area (Å²) < 4.78 is 12.9. The zero-order valence-corrected chi connectivity index (χ0v) is 8.33. The maximum atomic E-state index is 12.9. The third-order valence-electron chi connectivity index (χ3n) is 2.66. The van der Waals surface area contributed by atoms with Gasteiger partial charge in [-0.3, -0.25) is 0 Å². The molecule has 16 heavy (non-hydrogen) atoms. The Bertz CT molecular complexity index is 540. The second-order valence-corrected chi connectivity index (χ2v) is 3.57. The highest BCUT2D eigenvalue weighted by atomic mass is 19.1. The van der Waals surface area contributed by atoms with E-state index in [9.17, 15) is 9.18 Å². The molecule has 3 nitrogen and oxygen atoms in total. The molecule has 0 saturated carbocycles. The molecule has 1 aromatic rings. The molecule has 0 unspecified atom stereocenters. The van der Waals surface area contributed by atoms with Crippen LogP contribution in [0.5, 0.6) is 0 Å². The van der Waals surface area contributed by atoms with Gasteiger partial charge in [-0.1, -0.05) is 6.07 Å². The van der Waals surface area contributed by atoms with Crippen molar-refractivity contribution in [2.75, 3.05) is 0 Å². The molecular weight excluding hydrogens is 209 g/mol. The minimum absolute atomic E-state index is 0.245. The summed E-state index contributed by atoms with van der Waals surface area (Å²) in [7, 11) is 0. The third kappa shape index (κ3) is 1.57. The maximum absolute atomic E-state index is 12.9. The van der Waals surface area contributed by atoms with Crippen LogP contribution in [-0.4, -0.2) is 11.1 Å². The summed E-state index contributed by atoms with van der Waals surface area (Å²) >= 11 is 0. The molecule has 0 aliphatic heterocycles. The second kappa shape index (κ2) is 3.78. The van der Waals surface area contributed by atoms with E-state index >= 15 is 0 Å². The Morgan fingerprint density at radius 1 is 1.44 bits per heavy atom. The van der Waals surface area contributed by atoms with E-state index in [-0.39, 0.29) is 11.4 Å². The summed E-state index contributed by atoms with van der Waals surface area (Å²) in [6, 6.07) is 5.89. The van der Waals surface area contributed by atoms with Gasteiger partial charge in [-0.2, -0.15) is 5.26 Å². The van der Waals surface area contributed by atoms with Gasteiger partial charge in [0.2, 0.25) is 0 Å². The number of halogens is 1. The molecule has 0 aromatic heterocycles. The summed E-state index contributed by atoms with van der Waals surface area (Å²) in [6.07, 6.45) is 1.06. The van der Waals surface area contributed by atoms with Crippen LogP contribution in [0.25, 0.3) is 5.57 Å². The van der Waals surface area contributed by atoms with Gasteiger partial charge in [0.25, 0.3) is 0 Å². The number of carbonyl (C=O) groups is 1. The van der Waals surface area contributed by atoms with Gasteiger partial charge in [0.05, 0.1) is 0 Å². The van der Waals surface area contributed by atoms with Crippen molar-refractivity contribution >= 4 is 11.5 Å². The number of nitriles is 1. The predicted molar refractivity (Wildman–Crippen MR) is 54.9 cm³/mol. The van der Waals surface area contributed by atoms with Crippen LogP contribution in [0.2, 0.25) is 0 Å². The Morgan fingerprint density at radius 2 is 2.19 bits per heavy atom. The Balaban J connectivity index is 2.60. The maximum Gasteiger partial charge on any atom is 0.346 e.